The Kier molecular flexibility index (Phi) is 4.32. The number of halogens is 1. The maximum atomic E-state index is 9.83. The summed E-state index contributed by atoms with van der Waals surface area (Å²) in [7, 11) is 0. The van der Waals surface area contributed by atoms with Crippen molar-refractivity contribution in [2.45, 2.75) is 19.4 Å². The van der Waals surface area contributed by atoms with Crippen molar-refractivity contribution in [3.8, 4) is 0 Å². The molecule has 0 atom stereocenters. The van der Waals surface area contributed by atoms with Crippen LogP contribution < -0.4 is 10.6 Å². The number of pyridine rings is 1. The van der Waals surface area contributed by atoms with Gasteiger partial charge in [0, 0.05) is 43.4 Å². The molecular formula is C13H21BrN4O. The summed E-state index contributed by atoms with van der Waals surface area (Å²) in [6, 6.07) is 1.88. The Hall–Kier alpha value is -0.850. The predicted octanol–water partition coefficient (Wildman–Crippen LogP) is 1.32. The van der Waals surface area contributed by atoms with E-state index in [0.717, 1.165) is 36.5 Å². The third-order valence-electron chi connectivity index (χ3n) is 3.14. The van der Waals surface area contributed by atoms with Crippen LogP contribution in [-0.4, -0.2) is 53.3 Å². The number of anilines is 2. The van der Waals surface area contributed by atoms with Crippen molar-refractivity contribution in [3.05, 3.63) is 16.7 Å². The minimum absolute atomic E-state index is 0.642. The number of nitrogens with zero attached hydrogens (tertiary/aromatic N) is 3. The van der Waals surface area contributed by atoms with Gasteiger partial charge in [0.2, 0.25) is 0 Å². The van der Waals surface area contributed by atoms with Crippen LogP contribution in [0.5, 0.6) is 0 Å². The second kappa shape index (κ2) is 5.64. The van der Waals surface area contributed by atoms with E-state index in [1.54, 1.807) is 6.20 Å². The van der Waals surface area contributed by atoms with Crippen LogP contribution in [0.2, 0.25) is 0 Å². The molecule has 1 aliphatic rings. The summed E-state index contributed by atoms with van der Waals surface area (Å²) in [5.74, 6) is 0.853. The van der Waals surface area contributed by atoms with E-state index in [0.29, 0.717) is 12.2 Å². The van der Waals surface area contributed by atoms with Gasteiger partial charge in [0.25, 0.3) is 0 Å². The van der Waals surface area contributed by atoms with Gasteiger partial charge >= 0.3 is 0 Å². The molecule has 0 spiro atoms. The lowest BCUT2D eigenvalue weighted by molar-refractivity contribution is 0.0345. The molecule has 0 saturated carbocycles. The first-order valence-electron chi connectivity index (χ1n) is 6.46. The standard InChI is InChI=1S/C13H21BrN4O/c1-13(2,19)9-17-3-5-18(6-4-17)12-11(15)7-10(14)8-16-12/h7-8,19H,3-6,9,15H2,1-2H3. The Balaban J connectivity index is 1.96. The zero-order chi connectivity index (χ0) is 14.0. The number of piperazine rings is 1. The molecule has 1 aromatic heterocycles. The summed E-state index contributed by atoms with van der Waals surface area (Å²) in [4.78, 5) is 8.85. The second-order valence-corrected chi connectivity index (χ2v) is 6.56. The highest BCUT2D eigenvalue weighted by molar-refractivity contribution is 9.10. The first-order chi connectivity index (χ1) is 8.85. The van der Waals surface area contributed by atoms with Crippen LogP contribution in [0.15, 0.2) is 16.7 Å². The van der Waals surface area contributed by atoms with Gasteiger partial charge in [-0.3, -0.25) is 4.90 Å². The highest BCUT2D eigenvalue weighted by Crippen LogP contribution is 2.24. The quantitative estimate of drug-likeness (QED) is 0.876. The van der Waals surface area contributed by atoms with E-state index in [1.165, 1.54) is 0 Å². The van der Waals surface area contributed by atoms with Gasteiger partial charge in [0.1, 0.15) is 0 Å². The minimum Gasteiger partial charge on any atom is -0.396 e. The number of nitrogens with two attached hydrogens (primary N) is 1. The first-order valence-corrected chi connectivity index (χ1v) is 7.25. The van der Waals surface area contributed by atoms with Crippen LogP contribution in [0.1, 0.15) is 13.8 Å². The second-order valence-electron chi connectivity index (χ2n) is 5.64. The monoisotopic (exact) mass is 328 g/mol. The average molecular weight is 329 g/mol. The van der Waals surface area contributed by atoms with Gasteiger partial charge in [-0.05, 0) is 35.8 Å². The minimum atomic E-state index is -0.642. The molecule has 0 aliphatic carbocycles. The van der Waals surface area contributed by atoms with Gasteiger partial charge < -0.3 is 15.7 Å². The van der Waals surface area contributed by atoms with Crippen LogP contribution >= 0.6 is 15.9 Å². The van der Waals surface area contributed by atoms with Gasteiger partial charge in [-0.25, -0.2) is 4.98 Å². The zero-order valence-electron chi connectivity index (χ0n) is 11.4. The van der Waals surface area contributed by atoms with E-state index in [-0.39, 0.29) is 0 Å². The van der Waals surface area contributed by atoms with Crippen LogP contribution in [0.25, 0.3) is 0 Å². The average Bonchev–Trinajstić information content (AvgIpc) is 2.28. The summed E-state index contributed by atoms with van der Waals surface area (Å²) < 4.78 is 0.898. The first kappa shape index (κ1) is 14.6. The fourth-order valence-electron chi connectivity index (χ4n) is 2.38. The molecule has 3 N–H and O–H groups in total. The molecule has 0 unspecified atom stereocenters. The zero-order valence-corrected chi connectivity index (χ0v) is 13.0. The number of hydrogen-bond donors (Lipinski definition) is 2. The molecule has 1 aromatic rings. The van der Waals surface area contributed by atoms with Gasteiger partial charge in [0.15, 0.2) is 5.82 Å². The van der Waals surface area contributed by atoms with Crippen molar-refractivity contribution in [3.63, 3.8) is 0 Å². The highest BCUT2D eigenvalue weighted by atomic mass is 79.9. The lowest BCUT2D eigenvalue weighted by Crippen LogP contribution is -2.50. The predicted molar refractivity (Wildman–Crippen MR) is 81.3 cm³/mol. The SMILES string of the molecule is CC(C)(O)CN1CCN(c2ncc(Br)cc2N)CC1. The largest absolute Gasteiger partial charge is 0.396 e. The molecule has 0 aromatic carbocycles. The number of aromatic nitrogens is 1. The molecule has 1 fully saturated rings. The summed E-state index contributed by atoms with van der Waals surface area (Å²) in [6.07, 6.45) is 1.77. The Morgan fingerprint density at radius 3 is 2.53 bits per heavy atom. The van der Waals surface area contributed by atoms with E-state index in [1.807, 2.05) is 19.9 Å². The molecule has 6 heteroatoms. The number of hydrogen-bond acceptors (Lipinski definition) is 5. The summed E-state index contributed by atoms with van der Waals surface area (Å²) in [5, 5.41) is 9.83. The maximum absolute atomic E-state index is 9.83. The van der Waals surface area contributed by atoms with Crippen molar-refractivity contribution in [2.75, 3.05) is 43.4 Å². The molecule has 5 nitrogen and oxygen atoms in total. The fraction of sp³-hybridized carbons (Fsp3) is 0.615. The van der Waals surface area contributed by atoms with E-state index in [9.17, 15) is 5.11 Å². The lowest BCUT2D eigenvalue weighted by Gasteiger charge is -2.38. The molecule has 0 amide bonds. The topological polar surface area (TPSA) is 65.6 Å². The van der Waals surface area contributed by atoms with E-state index < -0.39 is 5.60 Å². The van der Waals surface area contributed by atoms with Crippen LogP contribution in [0.4, 0.5) is 11.5 Å². The van der Waals surface area contributed by atoms with Crippen molar-refractivity contribution < 1.29 is 5.11 Å². The maximum Gasteiger partial charge on any atom is 0.151 e. The molecule has 2 rings (SSSR count). The molecule has 0 radical (unpaired) electrons. The molecular weight excluding hydrogens is 308 g/mol. The van der Waals surface area contributed by atoms with Crippen molar-refractivity contribution in [2.24, 2.45) is 0 Å². The van der Waals surface area contributed by atoms with E-state index in [2.05, 4.69) is 30.7 Å². The van der Waals surface area contributed by atoms with Crippen LogP contribution in [-0.2, 0) is 0 Å². The molecule has 1 saturated heterocycles. The summed E-state index contributed by atoms with van der Waals surface area (Å²) >= 11 is 3.37. The van der Waals surface area contributed by atoms with Crippen LogP contribution in [0.3, 0.4) is 0 Å². The molecule has 106 valence electrons. The molecule has 19 heavy (non-hydrogen) atoms. The third kappa shape index (κ3) is 4.06. The lowest BCUT2D eigenvalue weighted by atomic mass is 10.1. The normalized spacial score (nSPS) is 17.8. The highest BCUT2D eigenvalue weighted by Gasteiger charge is 2.24. The number of aliphatic hydroxyl groups is 1. The van der Waals surface area contributed by atoms with Crippen molar-refractivity contribution in [1.29, 1.82) is 0 Å². The molecule has 2 heterocycles. The van der Waals surface area contributed by atoms with Crippen molar-refractivity contribution in [1.82, 2.24) is 9.88 Å². The van der Waals surface area contributed by atoms with Crippen LogP contribution in [0, 0.1) is 0 Å². The van der Waals surface area contributed by atoms with Crippen molar-refractivity contribution >= 4 is 27.4 Å². The Labute approximate surface area is 122 Å². The Bertz CT molecular complexity index is 439. The third-order valence-corrected chi connectivity index (χ3v) is 3.58. The summed E-state index contributed by atoms with van der Waals surface area (Å²) in [6.45, 7) is 7.98. The van der Waals surface area contributed by atoms with Gasteiger partial charge in [-0.15, -0.1) is 0 Å². The number of β-amino-alcohol motifs (C(OH)–C–C–N with tert-alkyl or cyclic N) is 1. The fourth-order valence-corrected chi connectivity index (χ4v) is 2.73. The van der Waals surface area contributed by atoms with Gasteiger partial charge in [-0.2, -0.15) is 0 Å². The number of rotatable bonds is 3. The Morgan fingerprint density at radius 1 is 1.37 bits per heavy atom. The van der Waals surface area contributed by atoms with E-state index >= 15 is 0 Å². The van der Waals surface area contributed by atoms with E-state index in [4.69, 9.17) is 5.73 Å². The molecule has 0 bridgehead atoms. The van der Waals surface area contributed by atoms with Gasteiger partial charge in [0.05, 0.1) is 11.3 Å². The molecule has 1 aliphatic heterocycles. The smallest absolute Gasteiger partial charge is 0.151 e. The van der Waals surface area contributed by atoms with Gasteiger partial charge in [-0.1, -0.05) is 0 Å². The summed E-state index contributed by atoms with van der Waals surface area (Å²) in [5.41, 5.74) is 6.06. The Morgan fingerprint density at radius 2 is 2.00 bits per heavy atom. The number of nitrogen functional groups attached to an aromatic ring is 1.